The summed E-state index contributed by atoms with van der Waals surface area (Å²) in [5.74, 6) is 0.895. The second kappa shape index (κ2) is 10.6. The predicted octanol–water partition coefficient (Wildman–Crippen LogP) is 9.11. The minimum atomic E-state index is 0.0349. The minimum absolute atomic E-state index is 0.0349. The summed E-state index contributed by atoms with van der Waals surface area (Å²) in [7, 11) is 0. The molecule has 1 heterocycles. The molecule has 1 N–H and O–H groups in total. The van der Waals surface area contributed by atoms with Gasteiger partial charge in [-0.05, 0) is 48.1 Å². The molecule has 3 aromatic carbocycles. The van der Waals surface area contributed by atoms with E-state index in [0.29, 0.717) is 11.5 Å². The maximum atomic E-state index is 13.5. The number of benzene rings is 3. The van der Waals surface area contributed by atoms with Gasteiger partial charge in [-0.3, -0.25) is 4.79 Å². The van der Waals surface area contributed by atoms with Crippen molar-refractivity contribution >= 4 is 27.2 Å². The van der Waals surface area contributed by atoms with Gasteiger partial charge in [-0.25, -0.2) is 0 Å². The Hall–Kier alpha value is -2.91. The van der Waals surface area contributed by atoms with Crippen molar-refractivity contribution in [1.29, 1.82) is 0 Å². The third-order valence-electron chi connectivity index (χ3n) is 7.19. The molecule has 0 radical (unpaired) electrons. The summed E-state index contributed by atoms with van der Waals surface area (Å²) in [4.78, 5) is 14.2. The molecule has 5 rings (SSSR count). The topological polar surface area (TPSA) is 37.3 Å². The van der Waals surface area contributed by atoms with E-state index in [0.717, 1.165) is 26.1 Å². The molecule has 0 atom stereocenters. The van der Waals surface area contributed by atoms with Crippen molar-refractivity contribution in [2.45, 2.75) is 63.7 Å². The lowest BCUT2D eigenvalue weighted by Gasteiger charge is -2.19. The van der Waals surface area contributed by atoms with Gasteiger partial charge in [-0.2, -0.15) is 0 Å². The molecule has 1 aromatic heterocycles. The lowest BCUT2D eigenvalue weighted by atomic mass is 9.86. The molecular weight excluding hydrogens is 436 g/mol. The highest BCUT2D eigenvalue weighted by atomic mass is 32.1. The second-order valence-electron chi connectivity index (χ2n) is 9.55. The van der Waals surface area contributed by atoms with Crippen LogP contribution in [0.3, 0.4) is 0 Å². The summed E-state index contributed by atoms with van der Waals surface area (Å²) in [6.45, 7) is 0. The molecule has 0 aliphatic heterocycles. The fraction of sp³-hybridized carbons (Fsp3) is 0.323. The molecule has 3 heteroatoms. The van der Waals surface area contributed by atoms with E-state index in [1.165, 1.54) is 74.7 Å². The molecule has 0 saturated heterocycles. The van der Waals surface area contributed by atoms with Gasteiger partial charge in [-0.1, -0.05) is 99.5 Å². The fourth-order valence-electron chi connectivity index (χ4n) is 5.32. The maximum absolute atomic E-state index is 13.5. The van der Waals surface area contributed by atoms with Gasteiger partial charge < -0.3 is 5.11 Å². The Morgan fingerprint density at radius 1 is 0.765 bits per heavy atom. The van der Waals surface area contributed by atoms with Gasteiger partial charge in [-0.15, -0.1) is 11.3 Å². The SMILES string of the molecule is O=C(c1ccccc1)c1sc2cc(O)ccc2c1-c1ccc(C2CCCCCCCCC2)cc1. The number of carbonyl (C=O) groups is 1. The molecule has 1 aliphatic rings. The number of fused-ring (bicyclic) bond motifs is 1. The van der Waals surface area contributed by atoms with Crippen molar-refractivity contribution in [3.8, 4) is 16.9 Å². The zero-order chi connectivity index (χ0) is 23.3. The van der Waals surface area contributed by atoms with E-state index in [1.54, 1.807) is 12.1 Å². The van der Waals surface area contributed by atoms with Gasteiger partial charge in [0.05, 0.1) is 4.88 Å². The van der Waals surface area contributed by atoms with Crippen molar-refractivity contribution < 1.29 is 9.90 Å². The van der Waals surface area contributed by atoms with Gasteiger partial charge in [0.1, 0.15) is 5.75 Å². The quantitative estimate of drug-likeness (QED) is 0.303. The van der Waals surface area contributed by atoms with Gasteiger partial charge >= 0.3 is 0 Å². The van der Waals surface area contributed by atoms with Gasteiger partial charge in [0.2, 0.25) is 5.78 Å². The summed E-state index contributed by atoms with van der Waals surface area (Å²) in [5, 5.41) is 11.1. The highest BCUT2D eigenvalue weighted by Gasteiger charge is 2.22. The summed E-state index contributed by atoms with van der Waals surface area (Å²) in [6.07, 6.45) is 12.1. The highest BCUT2D eigenvalue weighted by molar-refractivity contribution is 7.21. The van der Waals surface area contributed by atoms with Crippen molar-refractivity contribution in [2.75, 3.05) is 0 Å². The number of hydrogen-bond donors (Lipinski definition) is 1. The number of phenolic OH excluding ortho intramolecular Hbond substituents is 1. The standard InChI is InChI=1S/C31H32O2S/c32-26-19-20-27-28(21-26)34-31(30(33)25-13-9-6-10-14-25)29(27)24-17-15-23(16-18-24)22-11-7-4-2-1-3-5-8-12-22/h6,9-10,13-22,32H,1-5,7-8,11-12H2. The Morgan fingerprint density at radius 2 is 1.41 bits per heavy atom. The predicted molar refractivity (Wildman–Crippen MR) is 143 cm³/mol. The number of aromatic hydroxyl groups is 1. The number of carbonyl (C=O) groups excluding carboxylic acids is 1. The first-order valence-electron chi connectivity index (χ1n) is 12.7. The molecule has 1 saturated carbocycles. The van der Waals surface area contributed by atoms with E-state index >= 15 is 0 Å². The molecule has 4 aromatic rings. The van der Waals surface area contributed by atoms with E-state index in [2.05, 4.69) is 24.3 Å². The summed E-state index contributed by atoms with van der Waals surface area (Å²) < 4.78 is 0.936. The van der Waals surface area contributed by atoms with E-state index in [-0.39, 0.29) is 11.5 Å². The van der Waals surface area contributed by atoms with Crippen LogP contribution in [0.25, 0.3) is 21.2 Å². The van der Waals surface area contributed by atoms with Crippen molar-refractivity contribution in [2.24, 2.45) is 0 Å². The summed E-state index contributed by atoms with van der Waals surface area (Å²) in [6, 6.07) is 23.9. The van der Waals surface area contributed by atoms with Crippen LogP contribution in [0, 0.1) is 0 Å². The first-order chi connectivity index (χ1) is 16.7. The van der Waals surface area contributed by atoms with Crippen molar-refractivity contribution in [1.82, 2.24) is 0 Å². The number of thiophene rings is 1. The van der Waals surface area contributed by atoms with Gasteiger partial charge in [0, 0.05) is 21.2 Å². The number of phenols is 1. The van der Waals surface area contributed by atoms with E-state index in [9.17, 15) is 9.90 Å². The van der Waals surface area contributed by atoms with Gasteiger partial charge in [0.25, 0.3) is 0 Å². The molecule has 1 fully saturated rings. The number of ketones is 1. The average molecular weight is 469 g/mol. The minimum Gasteiger partial charge on any atom is -0.508 e. The smallest absolute Gasteiger partial charge is 0.203 e. The number of rotatable bonds is 4. The molecule has 0 bridgehead atoms. The highest BCUT2D eigenvalue weighted by Crippen LogP contribution is 2.42. The number of hydrogen-bond acceptors (Lipinski definition) is 3. The zero-order valence-electron chi connectivity index (χ0n) is 19.6. The van der Waals surface area contributed by atoms with Crippen LogP contribution < -0.4 is 0 Å². The molecule has 0 unspecified atom stereocenters. The van der Waals surface area contributed by atoms with Crippen LogP contribution >= 0.6 is 11.3 Å². The molecule has 174 valence electrons. The van der Waals surface area contributed by atoms with E-state index < -0.39 is 0 Å². The molecule has 0 amide bonds. The average Bonchev–Trinajstić information content (AvgIpc) is 3.26. The monoisotopic (exact) mass is 468 g/mol. The Morgan fingerprint density at radius 3 is 2.09 bits per heavy atom. The van der Waals surface area contributed by atoms with Crippen molar-refractivity contribution in [3.05, 3.63) is 88.8 Å². The van der Waals surface area contributed by atoms with Crippen LogP contribution in [-0.2, 0) is 0 Å². The lowest BCUT2D eigenvalue weighted by Crippen LogP contribution is -2.02. The first-order valence-corrected chi connectivity index (χ1v) is 13.5. The molecule has 1 aliphatic carbocycles. The van der Waals surface area contributed by atoms with E-state index in [1.807, 2.05) is 36.4 Å². The largest absolute Gasteiger partial charge is 0.508 e. The summed E-state index contributed by atoms with van der Waals surface area (Å²) in [5.41, 5.74) is 4.17. The van der Waals surface area contributed by atoms with Crippen molar-refractivity contribution in [3.63, 3.8) is 0 Å². The lowest BCUT2D eigenvalue weighted by molar-refractivity contribution is 0.104. The zero-order valence-corrected chi connectivity index (χ0v) is 20.4. The Bertz CT molecular complexity index is 1240. The maximum Gasteiger partial charge on any atom is 0.203 e. The Labute approximate surface area is 206 Å². The Kier molecular flexibility index (Phi) is 7.10. The molecular formula is C31H32O2S. The third kappa shape index (κ3) is 4.95. The normalized spacial score (nSPS) is 15.9. The molecule has 0 spiro atoms. The summed E-state index contributed by atoms with van der Waals surface area (Å²) >= 11 is 1.47. The first kappa shape index (κ1) is 22.9. The molecule has 2 nitrogen and oxygen atoms in total. The fourth-order valence-corrected chi connectivity index (χ4v) is 6.54. The van der Waals surface area contributed by atoms with Crippen LogP contribution in [-0.4, -0.2) is 10.9 Å². The van der Waals surface area contributed by atoms with Gasteiger partial charge in [0.15, 0.2) is 0 Å². The second-order valence-corrected chi connectivity index (χ2v) is 10.6. The van der Waals surface area contributed by atoms with E-state index in [4.69, 9.17) is 0 Å². The van der Waals surface area contributed by atoms with Crippen LogP contribution in [0.1, 0.15) is 84.5 Å². The third-order valence-corrected chi connectivity index (χ3v) is 8.34. The van der Waals surface area contributed by atoms with Crippen LogP contribution in [0.5, 0.6) is 5.75 Å². The van der Waals surface area contributed by atoms with Crippen LogP contribution in [0.2, 0.25) is 0 Å². The van der Waals surface area contributed by atoms with Crippen LogP contribution in [0.15, 0.2) is 72.8 Å². The Balaban J connectivity index is 1.51. The molecule has 34 heavy (non-hydrogen) atoms. The van der Waals surface area contributed by atoms with Crippen LogP contribution in [0.4, 0.5) is 0 Å².